The topological polar surface area (TPSA) is 273 Å². The molecule has 366 valence electrons. The minimum atomic E-state index is -5.36. The number of aliphatic hydroxyl groups is 4. The number of phosphoric acid groups is 2. The number of unbranched alkanes of at least 4 members (excludes halogenated alkanes) is 22. The van der Waals surface area contributed by atoms with Crippen LogP contribution in [0, 0.1) is 0 Å². The number of hydrogen-bond donors (Lipinski definition) is 7. The van der Waals surface area contributed by atoms with Gasteiger partial charge in [0.25, 0.3) is 0 Å². The van der Waals surface area contributed by atoms with Gasteiger partial charge in [-0.25, -0.2) is 9.13 Å². The molecule has 0 radical (unpaired) electrons. The number of carbonyl (C=O) groups excluding carboxylic acids is 3. The van der Waals surface area contributed by atoms with Crippen LogP contribution < -0.4 is 0 Å². The largest absolute Gasteiger partial charge is 0.472 e. The Bertz CT molecular complexity index is 1280. The molecule has 0 aromatic carbocycles. The molecule has 0 aliphatic heterocycles. The molecule has 17 nitrogen and oxygen atoms in total. The standard InChI is InChI=1S/C43H82O17P2/c1-3-5-6-7-8-9-10-11-14-18-21-24-27-31-37(46)58-35(32-56-36(45)30-26-23-20-17-15-12-13-16-19-22-25-29-34(44)28-4-2)33-57-62(54,55)60-43-40(49)38(47)39(48)42(41(43)50)59-61(51,52)53/h35,38-43,47-50H,3-33H2,1-2H3,(H,54,55)(H2,51,52,53)/t35-,38-,39?,40-,41?,42+,43?/m1/s1. The molecule has 1 aliphatic rings. The minimum absolute atomic E-state index is 0.0401. The van der Waals surface area contributed by atoms with Crippen LogP contribution in [-0.4, -0.2) is 109 Å². The lowest BCUT2D eigenvalue weighted by atomic mass is 9.85. The van der Waals surface area contributed by atoms with Crippen LogP contribution in [0.1, 0.15) is 200 Å². The predicted octanol–water partition coefficient (Wildman–Crippen LogP) is 7.80. The van der Waals surface area contributed by atoms with Crippen molar-refractivity contribution in [3.8, 4) is 0 Å². The van der Waals surface area contributed by atoms with Crippen LogP contribution in [0.15, 0.2) is 0 Å². The number of hydrogen-bond acceptors (Lipinski definition) is 14. The first kappa shape index (κ1) is 58.7. The monoisotopic (exact) mass is 933 g/mol. The Balaban J connectivity index is 2.58. The van der Waals surface area contributed by atoms with E-state index in [0.29, 0.717) is 31.5 Å². The number of Topliss-reactive ketones (excluding diaryl/α,β-unsaturated/α-hetero) is 1. The first-order chi connectivity index (χ1) is 29.5. The molecule has 4 unspecified atom stereocenters. The van der Waals surface area contributed by atoms with E-state index in [0.717, 1.165) is 96.3 Å². The highest BCUT2D eigenvalue weighted by Crippen LogP contribution is 2.49. The zero-order valence-electron chi connectivity index (χ0n) is 37.6. The van der Waals surface area contributed by atoms with Gasteiger partial charge in [-0.3, -0.25) is 28.0 Å². The Morgan fingerprint density at radius 1 is 0.468 bits per heavy atom. The number of phosphoric ester groups is 2. The van der Waals surface area contributed by atoms with Gasteiger partial charge in [-0.05, 0) is 25.7 Å². The maximum absolute atomic E-state index is 13.0. The summed E-state index contributed by atoms with van der Waals surface area (Å²) in [7, 11) is -10.7. The molecular formula is C43H82O17P2. The van der Waals surface area contributed by atoms with Crippen LogP contribution in [0.4, 0.5) is 0 Å². The number of ether oxygens (including phenoxy) is 2. The fraction of sp³-hybridized carbons (Fsp3) is 0.930. The normalized spacial score (nSPS) is 22.0. The number of aliphatic hydroxyl groups excluding tert-OH is 4. The van der Waals surface area contributed by atoms with Crippen molar-refractivity contribution in [2.75, 3.05) is 13.2 Å². The van der Waals surface area contributed by atoms with Gasteiger partial charge in [0.05, 0.1) is 6.61 Å². The fourth-order valence-electron chi connectivity index (χ4n) is 7.44. The number of esters is 2. The van der Waals surface area contributed by atoms with E-state index < -0.39 is 83.5 Å². The van der Waals surface area contributed by atoms with Gasteiger partial charge in [0, 0.05) is 25.7 Å². The van der Waals surface area contributed by atoms with Crippen LogP contribution >= 0.6 is 15.6 Å². The van der Waals surface area contributed by atoms with E-state index in [4.69, 9.17) is 28.3 Å². The highest BCUT2D eigenvalue weighted by Gasteiger charge is 2.54. The quantitative estimate of drug-likeness (QED) is 0.0175. The molecule has 0 saturated heterocycles. The maximum Gasteiger partial charge on any atom is 0.472 e. The summed E-state index contributed by atoms with van der Waals surface area (Å²) < 4.78 is 49.3. The third-order valence-corrected chi connectivity index (χ3v) is 12.6. The van der Waals surface area contributed by atoms with Crippen LogP contribution in [0.5, 0.6) is 0 Å². The van der Waals surface area contributed by atoms with Gasteiger partial charge >= 0.3 is 27.6 Å². The summed E-state index contributed by atoms with van der Waals surface area (Å²) in [6.45, 7) is 2.88. The fourth-order valence-corrected chi connectivity index (χ4v) is 8.98. The Kier molecular flexibility index (Phi) is 33.1. The predicted molar refractivity (Wildman–Crippen MR) is 233 cm³/mol. The summed E-state index contributed by atoms with van der Waals surface area (Å²) >= 11 is 0. The van der Waals surface area contributed by atoms with Crippen LogP contribution in [0.25, 0.3) is 0 Å². The second-order valence-corrected chi connectivity index (χ2v) is 19.4. The molecule has 0 aromatic rings. The van der Waals surface area contributed by atoms with E-state index in [-0.39, 0.29) is 12.8 Å². The molecule has 0 heterocycles. The second-order valence-electron chi connectivity index (χ2n) is 16.8. The molecular weight excluding hydrogens is 850 g/mol. The van der Waals surface area contributed by atoms with Gasteiger partial charge in [-0.1, -0.05) is 149 Å². The van der Waals surface area contributed by atoms with Crippen molar-refractivity contribution in [2.24, 2.45) is 0 Å². The Morgan fingerprint density at radius 3 is 1.31 bits per heavy atom. The molecule has 0 spiro atoms. The summed E-state index contributed by atoms with van der Waals surface area (Å²) in [5.41, 5.74) is 0. The zero-order valence-corrected chi connectivity index (χ0v) is 39.4. The molecule has 8 atom stereocenters. The molecule has 0 amide bonds. The van der Waals surface area contributed by atoms with Crippen molar-refractivity contribution < 1.29 is 81.7 Å². The molecule has 0 aromatic heterocycles. The van der Waals surface area contributed by atoms with Crippen molar-refractivity contribution in [1.29, 1.82) is 0 Å². The lowest BCUT2D eigenvalue weighted by Crippen LogP contribution is -2.64. The minimum Gasteiger partial charge on any atom is -0.462 e. The lowest BCUT2D eigenvalue weighted by Gasteiger charge is -2.43. The van der Waals surface area contributed by atoms with Gasteiger partial charge in [0.1, 0.15) is 49.0 Å². The molecule has 1 fully saturated rings. The number of ketones is 1. The van der Waals surface area contributed by atoms with Crippen LogP contribution in [0.3, 0.4) is 0 Å². The molecule has 19 heteroatoms. The van der Waals surface area contributed by atoms with Crippen molar-refractivity contribution in [3.63, 3.8) is 0 Å². The average molecular weight is 933 g/mol. The van der Waals surface area contributed by atoms with Gasteiger partial charge in [-0.15, -0.1) is 0 Å². The molecule has 62 heavy (non-hydrogen) atoms. The molecule has 7 N–H and O–H groups in total. The summed E-state index contributed by atoms with van der Waals surface area (Å²) in [6, 6.07) is 0. The Labute approximate surface area is 370 Å². The van der Waals surface area contributed by atoms with Crippen molar-refractivity contribution in [1.82, 2.24) is 0 Å². The van der Waals surface area contributed by atoms with E-state index in [9.17, 15) is 48.8 Å². The van der Waals surface area contributed by atoms with Gasteiger partial charge in [0.2, 0.25) is 0 Å². The smallest absolute Gasteiger partial charge is 0.462 e. The molecule has 1 rings (SSSR count). The lowest BCUT2D eigenvalue weighted by molar-refractivity contribution is -0.216. The van der Waals surface area contributed by atoms with E-state index in [2.05, 4.69) is 11.4 Å². The second kappa shape index (κ2) is 34.9. The van der Waals surface area contributed by atoms with Gasteiger partial charge < -0.3 is 44.6 Å². The third kappa shape index (κ3) is 29.3. The zero-order chi connectivity index (χ0) is 46.2. The van der Waals surface area contributed by atoms with Gasteiger partial charge in [-0.2, -0.15) is 0 Å². The Morgan fingerprint density at radius 2 is 0.871 bits per heavy atom. The summed E-state index contributed by atoms with van der Waals surface area (Å²) in [6.07, 6.45) is 13.3. The van der Waals surface area contributed by atoms with Crippen molar-refractivity contribution in [3.05, 3.63) is 0 Å². The molecule has 1 saturated carbocycles. The van der Waals surface area contributed by atoms with E-state index in [1.807, 2.05) is 6.92 Å². The first-order valence-electron chi connectivity index (χ1n) is 23.5. The number of rotatable bonds is 40. The van der Waals surface area contributed by atoms with E-state index in [1.165, 1.54) is 51.4 Å². The molecule has 1 aliphatic carbocycles. The average Bonchev–Trinajstić information content (AvgIpc) is 3.21. The third-order valence-electron chi connectivity index (χ3n) is 11.1. The highest BCUT2D eigenvalue weighted by molar-refractivity contribution is 7.47. The van der Waals surface area contributed by atoms with Crippen LogP contribution in [0.2, 0.25) is 0 Å². The van der Waals surface area contributed by atoms with E-state index in [1.54, 1.807) is 0 Å². The maximum atomic E-state index is 13.0. The van der Waals surface area contributed by atoms with Crippen molar-refractivity contribution in [2.45, 2.75) is 243 Å². The van der Waals surface area contributed by atoms with Gasteiger partial charge in [0.15, 0.2) is 6.10 Å². The van der Waals surface area contributed by atoms with Crippen LogP contribution in [-0.2, 0) is 46.6 Å². The number of carbonyl (C=O) groups is 3. The SMILES string of the molecule is CCCCCCCCCCCCCCCC(=O)O[C@H](COC(=O)CCCCCCCCCCCCCC(=O)CCC)COP(=O)(O)OC1C(O)[C@@H](OP(=O)(O)O)C(O)[C@@H](O)[C@H]1O. The summed E-state index contributed by atoms with van der Waals surface area (Å²) in [4.78, 5) is 65.8. The summed E-state index contributed by atoms with van der Waals surface area (Å²) in [5.74, 6) is -0.865. The Hall–Kier alpha value is -1.33. The first-order valence-corrected chi connectivity index (χ1v) is 26.5. The van der Waals surface area contributed by atoms with Crippen molar-refractivity contribution >= 4 is 33.4 Å². The highest BCUT2D eigenvalue weighted by atomic mass is 31.2. The molecule has 0 bridgehead atoms. The summed E-state index contributed by atoms with van der Waals surface area (Å²) in [5, 5.41) is 41.2. The van der Waals surface area contributed by atoms with E-state index >= 15 is 0 Å².